The van der Waals surface area contributed by atoms with Crippen LogP contribution < -0.4 is 0 Å². The van der Waals surface area contributed by atoms with Crippen molar-refractivity contribution in [3.8, 4) is 0 Å². The fraction of sp³-hybridized carbons (Fsp3) is 0.500. The molecular formula is C12H14Cl2N2O2. The summed E-state index contributed by atoms with van der Waals surface area (Å²) in [6.07, 6.45) is 2.94. The number of likely N-dealkylation sites (tertiary alicyclic amines) is 1. The Labute approximate surface area is 116 Å². The van der Waals surface area contributed by atoms with Crippen LogP contribution in [-0.2, 0) is 0 Å². The number of rotatable bonds is 3. The van der Waals surface area contributed by atoms with Crippen LogP contribution in [0, 0.1) is 0 Å². The lowest BCUT2D eigenvalue weighted by atomic mass is 9.89. The average molecular weight is 289 g/mol. The molecule has 0 atom stereocenters. The van der Waals surface area contributed by atoms with Crippen LogP contribution in [0.5, 0.6) is 0 Å². The van der Waals surface area contributed by atoms with Crippen molar-refractivity contribution < 1.29 is 9.90 Å². The summed E-state index contributed by atoms with van der Waals surface area (Å²) >= 11 is 11.7. The average Bonchev–Trinajstić information content (AvgIpc) is 2.28. The number of amides is 1. The van der Waals surface area contributed by atoms with Gasteiger partial charge in [0.25, 0.3) is 5.91 Å². The second-order valence-corrected chi connectivity index (χ2v) is 5.42. The van der Waals surface area contributed by atoms with Gasteiger partial charge in [-0.3, -0.25) is 4.79 Å². The highest BCUT2D eigenvalue weighted by Gasteiger charge is 2.43. The van der Waals surface area contributed by atoms with E-state index in [1.165, 1.54) is 12.3 Å². The standard InChI is InChI=1S/C12H14Cl2N2O2/c1-2-3-12(18)6-16(7-12)11(17)8-4-10(14)15-5-9(8)13/h4-5,18H,2-3,6-7H2,1H3. The van der Waals surface area contributed by atoms with E-state index in [0.717, 1.165) is 6.42 Å². The third kappa shape index (κ3) is 2.60. The molecule has 0 bridgehead atoms. The lowest BCUT2D eigenvalue weighted by molar-refractivity contribution is -0.0860. The SMILES string of the molecule is CCCC1(O)CN(C(=O)c2cc(Cl)ncc2Cl)C1. The van der Waals surface area contributed by atoms with Crippen LogP contribution in [0.3, 0.4) is 0 Å². The van der Waals surface area contributed by atoms with Crippen molar-refractivity contribution in [3.05, 3.63) is 28.0 Å². The molecule has 0 aliphatic carbocycles. The number of aromatic nitrogens is 1. The van der Waals surface area contributed by atoms with E-state index in [1.54, 1.807) is 4.90 Å². The number of hydrogen-bond donors (Lipinski definition) is 1. The maximum absolute atomic E-state index is 12.1. The molecule has 6 heteroatoms. The lowest BCUT2D eigenvalue weighted by Gasteiger charge is -2.46. The number of β-amino-alcohol motifs (C(OH)–C–C–N with tert-alkyl or cyclic N) is 1. The first-order valence-corrected chi connectivity index (χ1v) is 6.53. The Kier molecular flexibility index (Phi) is 3.80. The second-order valence-electron chi connectivity index (χ2n) is 4.62. The van der Waals surface area contributed by atoms with Gasteiger partial charge in [0.15, 0.2) is 0 Å². The van der Waals surface area contributed by atoms with E-state index in [0.29, 0.717) is 25.1 Å². The van der Waals surface area contributed by atoms with Gasteiger partial charge in [0, 0.05) is 6.20 Å². The van der Waals surface area contributed by atoms with Gasteiger partial charge in [-0.2, -0.15) is 0 Å². The molecule has 2 rings (SSSR count). The van der Waals surface area contributed by atoms with E-state index in [9.17, 15) is 9.90 Å². The van der Waals surface area contributed by atoms with E-state index >= 15 is 0 Å². The van der Waals surface area contributed by atoms with Crippen LogP contribution >= 0.6 is 23.2 Å². The first-order valence-electron chi connectivity index (χ1n) is 5.78. The Morgan fingerprint density at radius 2 is 2.22 bits per heavy atom. The number of carbonyl (C=O) groups is 1. The molecule has 2 heterocycles. The van der Waals surface area contributed by atoms with Crippen molar-refractivity contribution in [1.29, 1.82) is 0 Å². The predicted octanol–water partition coefficient (Wildman–Crippen LogP) is 2.38. The Morgan fingerprint density at radius 1 is 1.56 bits per heavy atom. The second kappa shape index (κ2) is 5.03. The molecule has 98 valence electrons. The molecule has 0 radical (unpaired) electrons. The lowest BCUT2D eigenvalue weighted by Crippen LogP contribution is -2.63. The third-order valence-corrected chi connectivity index (χ3v) is 3.53. The highest BCUT2D eigenvalue weighted by atomic mass is 35.5. The molecule has 0 spiro atoms. The molecule has 0 saturated carbocycles. The molecule has 1 N–H and O–H groups in total. The van der Waals surface area contributed by atoms with Gasteiger partial charge in [-0.15, -0.1) is 0 Å². The van der Waals surface area contributed by atoms with Gasteiger partial charge in [-0.25, -0.2) is 4.98 Å². The van der Waals surface area contributed by atoms with Crippen LogP contribution in [0.15, 0.2) is 12.3 Å². The van der Waals surface area contributed by atoms with Gasteiger partial charge in [0.2, 0.25) is 0 Å². The van der Waals surface area contributed by atoms with Gasteiger partial charge in [-0.1, -0.05) is 36.5 Å². The van der Waals surface area contributed by atoms with Crippen molar-refractivity contribution in [1.82, 2.24) is 9.88 Å². The zero-order valence-corrected chi connectivity index (χ0v) is 11.5. The van der Waals surface area contributed by atoms with E-state index in [2.05, 4.69) is 4.98 Å². The minimum absolute atomic E-state index is 0.218. The summed E-state index contributed by atoms with van der Waals surface area (Å²) in [4.78, 5) is 17.5. The summed E-state index contributed by atoms with van der Waals surface area (Å²) in [5.41, 5.74) is -0.413. The first-order chi connectivity index (χ1) is 8.45. The molecule has 1 aromatic rings. The van der Waals surface area contributed by atoms with Gasteiger partial charge in [0.05, 0.1) is 29.3 Å². The molecule has 1 fully saturated rings. The largest absolute Gasteiger partial charge is 0.386 e. The van der Waals surface area contributed by atoms with Gasteiger partial charge >= 0.3 is 0 Å². The molecule has 0 unspecified atom stereocenters. The Bertz CT molecular complexity index is 473. The van der Waals surface area contributed by atoms with Gasteiger partial charge < -0.3 is 10.0 Å². The number of nitrogens with zero attached hydrogens (tertiary/aromatic N) is 2. The Morgan fingerprint density at radius 3 is 2.83 bits per heavy atom. The van der Waals surface area contributed by atoms with Crippen molar-refractivity contribution in [2.45, 2.75) is 25.4 Å². The Hall–Kier alpha value is -0.840. The molecule has 0 aromatic carbocycles. The molecule has 1 saturated heterocycles. The monoisotopic (exact) mass is 288 g/mol. The molecule has 4 nitrogen and oxygen atoms in total. The molecule has 1 aromatic heterocycles. The number of carbonyl (C=O) groups excluding carboxylic acids is 1. The normalized spacial score (nSPS) is 17.4. The molecular weight excluding hydrogens is 275 g/mol. The summed E-state index contributed by atoms with van der Waals surface area (Å²) < 4.78 is 0. The zero-order valence-electron chi connectivity index (χ0n) is 9.99. The molecule has 1 amide bonds. The topological polar surface area (TPSA) is 53.4 Å². The van der Waals surface area contributed by atoms with E-state index in [1.807, 2.05) is 6.92 Å². The minimum atomic E-state index is -0.742. The van der Waals surface area contributed by atoms with Crippen molar-refractivity contribution in [2.24, 2.45) is 0 Å². The number of aliphatic hydroxyl groups is 1. The number of hydrogen-bond acceptors (Lipinski definition) is 3. The van der Waals surface area contributed by atoms with Crippen molar-refractivity contribution >= 4 is 29.1 Å². The smallest absolute Gasteiger partial charge is 0.255 e. The predicted molar refractivity (Wildman–Crippen MR) is 70.0 cm³/mol. The van der Waals surface area contributed by atoms with E-state index < -0.39 is 5.60 Å². The molecule has 18 heavy (non-hydrogen) atoms. The van der Waals surface area contributed by atoms with E-state index in [-0.39, 0.29) is 16.1 Å². The van der Waals surface area contributed by atoms with Crippen LogP contribution in [0.25, 0.3) is 0 Å². The maximum atomic E-state index is 12.1. The number of halogens is 2. The first kappa shape index (κ1) is 13.6. The summed E-state index contributed by atoms with van der Waals surface area (Å²) in [7, 11) is 0. The summed E-state index contributed by atoms with van der Waals surface area (Å²) in [6.45, 7) is 2.69. The maximum Gasteiger partial charge on any atom is 0.255 e. The summed E-state index contributed by atoms with van der Waals surface area (Å²) in [5, 5.41) is 10.5. The highest BCUT2D eigenvalue weighted by Crippen LogP contribution is 2.29. The highest BCUT2D eigenvalue weighted by molar-refractivity contribution is 6.35. The fourth-order valence-electron chi connectivity index (χ4n) is 2.18. The quantitative estimate of drug-likeness (QED) is 0.869. The van der Waals surface area contributed by atoms with Gasteiger partial charge in [-0.05, 0) is 12.5 Å². The van der Waals surface area contributed by atoms with Crippen LogP contribution in [0.2, 0.25) is 10.2 Å². The van der Waals surface area contributed by atoms with Crippen molar-refractivity contribution in [3.63, 3.8) is 0 Å². The summed E-state index contributed by atoms with van der Waals surface area (Å²) in [6, 6.07) is 1.45. The summed E-state index contributed by atoms with van der Waals surface area (Å²) in [5.74, 6) is -0.218. The third-order valence-electron chi connectivity index (χ3n) is 3.03. The zero-order chi connectivity index (χ0) is 13.3. The molecule has 1 aliphatic heterocycles. The Balaban J connectivity index is 2.08. The molecule has 1 aliphatic rings. The van der Waals surface area contributed by atoms with Crippen LogP contribution in [-0.4, -0.2) is 39.6 Å². The van der Waals surface area contributed by atoms with Crippen molar-refractivity contribution in [2.75, 3.05) is 13.1 Å². The minimum Gasteiger partial charge on any atom is -0.386 e. The van der Waals surface area contributed by atoms with Crippen LogP contribution in [0.4, 0.5) is 0 Å². The fourth-order valence-corrected chi connectivity index (χ4v) is 2.52. The van der Waals surface area contributed by atoms with Crippen LogP contribution in [0.1, 0.15) is 30.1 Å². The van der Waals surface area contributed by atoms with E-state index in [4.69, 9.17) is 23.2 Å². The van der Waals surface area contributed by atoms with Gasteiger partial charge in [0.1, 0.15) is 5.15 Å². The number of pyridine rings is 1.